The summed E-state index contributed by atoms with van der Waals surface area (Å²) >= 11 is 0. The first kappa shape index (κ1) is 23.1. The summed E-state index contributed by atoms with van der Waals surface area (Å²) in [6.45, 7) is 14.4. The first-order valence-electron chi connectivity index (χ1n) is 11.5. The smallest absolute Gasteiger partial charge is 0.158 e. The maximum Gasteiger partial charge on any atom is 0.158 e. The van der Waals surface area contributed by atoms with E-state index in [2.05, 4.69) is 87.6 Å². The Hall–Kier alpha value is -2.52. The van der Waals surface area contributed by atoms with E-state index in [1.54, 1.807) is 0 Å². The molecule has 4 rings (SSSR count). The number of unbranched alkanes of at least 4 members (excludes halogenated alkanes) is 1. The quantitative estimate of drug-likeness (QED) is 0.383. The number of hydrogen-bond acceptors (Lipinski definition) is 3. The van der Waals surface area contributed by atoms with Gasteiger partial charge in [0.25, 0.3) is 0 Å². The Morgan fingerprint density at radius 3 is 2.55 bits per heavy atom. The topological polar surface area (TPSA) is 35.0 Å². The predicted molar refractivity (Wildman–Crippen MR) is 131 cm³/mol. The van der Waals surface area contributed by atoms with Crippen LogP contribution >= 0.6 is 0 Å². The second-order valence-corrected chi connectivity index (χ2v) is 8.97. The van der Waals surface area contributed by atoms with E-state index in [0.717, 1.165) is 23.4 Å². The third-order valence-corrected chi connectivity index (χ3v) is 5.55. The van der Waals surface area contributed by atoms with Crippen LogP contribution in [-0.2, 0) is 11.2 Å². The summed E-state index contributed by atoms with van der Waals surface area (Å²) in [6, 6.07) is 6.45. The predicted octanol–water partition coefficient (Wildman–Crippen LogP) is 7.18. The fourth-order valence-electron chi connectivity index (χ4n) is 3.74. The van der Waals surface area contributed by atoms with Gasteiger partial charge in [-0.25, -0.2) is 9.97 Å². The van der Waals surface area contributed by atoms with Crippen molar-refractivity contribution < 1.29 is 4.74 Å². The highest BCUT2D eigenvalue weighted by Crippen LogP contribution is 2.37. The molecule has 1 aromatic heterocycles. The molecule has 0 radical (unpaired) electrons. The van der Waals surface area contributed by atoms with Gasteiger partial charge in [0.1, 0.15) is 0 Å². The molecule has 164 valence electrons. The zero-order valence-corrected chi connectivity index (χ0v) is 19.7. The Morgan fingerprint density at radius 2 is 1.97 bits per heavy atom. The van der Waals surface area contributed by atoms with Crippen LogP contribution in [0.5, 0.6) is 0 Å². The average Bonchev–Trinajstić information content (AvgIpc) is 3.54. The van der Waals surface area contributed by atoms with Crippen LogP contribution in [0, 0.1) is 5.92 Å². The molecule has 0 saturated carbocycles. The lowest BCUT2D eigenvalue weighted by molar-refractivity contribution is 0.0165. The molecule has 0 aliphatic heterocycles. The Labute approximate surface area is 188 Å². The molecular formula is C28H36N2O. The molecule has 0 N–H and O–H groups in total. The molecule has 2 unspecified atom stereocenters. The fourth-order valence-corrected chi connectivity index (χ4v) is 3.74. The second-order valence-electron chi connectivity index (χ2n) is 8.97. The number of rotatable bonds is 7. The van der Waals surface area contributed by atoms with Crippen molar-refractivity contribution in [1.29, 1.82) is 0 Å². The largest absolute Gasteiger partial charge is 0.371 e. The monoisotopic (exact) mass is 416 g/mol. The zero-order chi connectivity index (χ0) is 22.4. The Bertz CT molecular complexity index is 953. The normalized spacial score (nSPS) is 18.7. The van der Waals surface area contributed by atoms with Crippen LogP contribution in [0.4, 0.5) is 0 Å². The van der Waals surface area contributed by atoms with E-state index in [1.165, 1.54) is 41.5 Å². The summed E-state index contributed by atoms with van der Waals surface area (Å²) < 4.78 is 5.91. The Kier molecular flexibility index (Phi) is 7.97. The number of nitrogens with zero attached hydrogens (tertiary/aromatic N) is 2. The highest BCUT2D eigenvalue weighted by molar-refractivity contribution is 5.75. The van der Waals surface area contributed by atoms with E-state index in [-0.39, 0.29) is 12.2 Å². The van der Waals surface area contributed by atoms with Gasteiger partial charge in [0.05, 0.1) is 12.2 Å². The maximum atomic E-state index is 5.91. The third kappa shape index (κ3) is 6.48. The van der Waals surface area contributed by atoms with Crippen molar-refractivity contribution in [3.05, 3.63) is 77.9 Å². The number of aromatic nitrogens is 2. The van der Waals surface area contributed by atoms with Gasteiger partial charge >= 0.3 is 0 Å². The van der Waals surface area contributed by atoms with E-state index in [9.17, 15) is 0 Å². The van der Waals surface area contributed by atoms with E-state index in [0.29, 0.717) is 5.92 Å². The van der Waals surface area contributed by atoms with Crippen molar-refractivity contribution in [3.63, 3.8) is 0 Å². The first-order chi connectivity index (χ1) is 14.9. The first-order valence-corrected chi connectivity index (χ1v) is 11.5. The summed E-state index contributed by atoms with van der Waals surface area (Å²) in [6.07, 6.45) is 15.5. The van der Waals surface area contributed by atoms with Crippen molar-refractivity contribution in [2.45, 2.75) is 72.5 Å². The SMILES string of the molecule is C=C(C)CCCC.CC(C)OC1C=CC(c2ncc(-c3cccc4c3C4)cn2)=CC1C. The minimum atomic E-state index is 0.132. The van der Waals surface area contributed by atoms with E-state index < -0.39 is 0 Å². The van der Waals surface area contributed by atoms with Crippen LogP contribution in [0.15, 0.2) is 61.0 Å². The van der Waals surface area contributed by atoms with Gasteiger partial charge in [-0.05, 0) is 56.7 Å². The van der Waals surface area contributed by atoms with Gasteiger partial charge in [-0.2, -0.15) is 0 Å². The molecule has 2 aliphatic rings. The lowest BCUT2D eigenvalue weighted by Gasteiger charge is -2.25. The summed E-state index contributed by atoms with van der Waals surface area (Å²) in [7, 11) is 0. The molecule has 0 spiro atoms. The number of fused-ring (bicyclic) bond motifs is 1. The van der Waals surface area contributed by atoms with Crippen molar-refractivity contribution in [2.75, 3.05) is 0 Å². The molecule has 31 heavy (non-hydrogen) atoms. The van der Waals surface area contributed by atoms with Crippen LogP contribution in [0.25, 0.3) is 16.7 Å². The summed E-state index contributed by atoms with van der Waals surface area (Å²) in [5, 5.41) is 0. The van der Waals surface area contributed by atoms with Crippen LogP contribution in [0.1, 0.15) is 70.8 Å². The molecule has 0 fully saturated rings. The highest BCUT2D eigenvalue weighted by atomic mass is 16.5. The van der Waals surface area contributed by atoms with Gasteiger partial charge in [0.15, 0.2) is 5.82 Å². The van der Waals surface area contributed by atoms with Gasteiger partial charge in [0, 0.05) is 29.4 Å². The van der Waals surface area contributed by atoms with Crippen LogP contribution in [0.3, 0.4) is 0 Å². The number of allylic oxidation sites excluding steroid dienone is 3. The van der Waals surface area contributed by atoms with Crippen molar-refractivity contribution in [2.24, 2.45) is 5.92 Å². The number of ether oxygens (including phenoxy) is 1. The highest BCUT2D eigenvalue weighted by Gasteiger charge is 2.22. The Balaban J connectivity index is 0.000000339. The molecule has 0 saturated heterocycles. The number of hydrogen-bond donors (Lipinski definition) is 0. The van der Waals surface area contributed by atoms with E-state index >= 15 is 0 Å². The minimum Gasteiger partial charge on any atom is -0.371 e. The second kappa shape index (κ2) is 10.7. The van der Waals surface area contributed by atoms with Gasteiger partial charge in [0.2, 0.25) is 0 Å². The zero-order valence-electron chi connectivity index (χ0n) is 19.7. The van der Waals surface area contributed by atoms with Gasteiger partial charge < -0.3 is 4.74 Å². The molecule has 2 aromatic rings. The molecule has 3 heteroatoms. The van der Waals surface area contributed by atoms with E-state index in [1.807, 2.05) is 12.4 Å². The van der Waals surface area contributed by atoms with Crippen molar-refractivity contribution >= 4 is 5.57 Å². The lowest BCUT2D eigenvalue weighted by Crippen LogP contribution is -2.24. The standard InChI is InChI=1S/C21H22N2O.C7H14/c1-13(2)24-20-8-7-16(9-14(20)3)21-22-11-17(12-23-21)18-6-4-5-15-10-19(15)18;1-4-5-6-7(2)3/h4-9,11-14,20H,10H2,1-3H3;2,4-6H2,1,3H3. The summed E-state index contributed by atoms with van der Waals surface area (Å²) in [5.74, 6) is 1.10. The van der Waals surface area contributed by atoms with Crippen LogP contribution < -0.4 is 0 Å². The average molecular weight is 417 g/mol. The molecule has 0 amide bonds. The van der Waals surface area contributed by atoms with Gasteiger partial charge in [-0.3, -0.25) is 0 Å². The minimum absolute atomic E-state index is 0.132. The Morgan fingerprint density at radius 1 is 1.23 bits per heavy atom. The molecule has 3 nitrogen and oxygen atoms in total. The van der Waals surface area contributed by atoms with Crippen LogP contribution in [-0.4, -0.2) is 22.2 Å². The maximum absolute atomic E-state index is 5.91. The van der Waals surface area contributed by atoms with Gasteiger partial charge in [-0.15, -0.1) is 6.58 Å². The van der Waals surface area contributed by atoms with Crippen molar-refractivity contribution in [1.82, 2.24) is 9.97 Å². The molecule has 1 aromatic carbocycles. The molecule has 2 atom stereocenters. The van der Waals surface area contributed by atoms with E-state index in [4.69, 9.17) is 4.74 Å². The van der Waals surface area contributed by atoms with Gasteiger partial charge in [-0.1, -0.05) is 62.3 Å². The third-order valence-electron chi connectivity index (χ3n) is 5.55. The molecule has 2 aliphatic carbocycles. The summed E-state index contributed by atoms with van der Waals surface area (Å²) in [4.78, 5) is 9.18. The van der Waals surface area contributed by atoms with Crippen molar-refractivity contribution in [3.8, 4) is 11.1 Å². The number of benzene rings is 1. The summed E-state index contributed by atoms with van der Waals surface area (Å²) in [5.41, 5.74) is 7.63. The molecule has 1 heterocycles. The fraction of sp³-hybridized carbons (Fsp3) is 0.429. The lowest BCUT2D eigenvalue weighted by atomic mass is 9.94. The molecule has 0 bridgehead atoms. The molecular weight excluding hydrogens is 380 g/mol. The van der Waals surface area contributed by atoms with Crippen LogP contribution in [0.2, 0.25) is 0 Å².